The number of hydrogen-bond donors (Lipinski definition) is 3. The van der Waals surface area contributed by atoms with Crippen molar-refractivity contribution < 1.29 is 19.2 Å². The van der Waals surface area contributed by atoms with Gasteiger partial charge >= 0.3 is 0 Å². The molecule has 7 nitrogen and oxygen atoms in total. The Bertz CT molecular complexity index is 921. The Morgan fingerprint density at radius 3 is 1.91 bits per heavy atom. The van der Waals surface area contributed by atoms with Gasteiger partial charge in [0.2, 0.25) is 11.8 Å². The Morgan fingerprint density at radius 2 is 1.44 bits per heavy atom. The van der Waals surface area contributed by atoms with E-state index in [-0.39, 0.29) is 29.3 Å². The fourth-order valence-electron chi connectivity index (χ4n) is 3.07. The quantitative estimate of drug-likeness (QED) is 0.131. The van der Waals surface area contributed by atoms with Crippen LogP contribution in [-0.4, -0.2) is 36.0 Å². The van der Waals surface area contributed by atoms with Crippen LogP contribution in [0, 0.1) is 11.8 Å². The van der Waals surface area contributed by atoms with Gasteiger partial charge < -0.3 is 16.0 Å². The number of rotatable bonds is 16. The number of ketones is 2. The summed E-state index contributed by atoms with van der Waals surface area (Å²) in [7, 11) is 0. The lowest BCUT2D eigenvalue weighted by atomic mass is 10.0. The molecule has 0 bridgehead atoms. The maximum absolute atomic E-state index is 11.4. The summed E-state index contributed by atoms with van der Waals surface area (Å²) in [6.07, 6.45) is 13.5. The summed E-state index contributed by atoms with van der Waals surface area (Å²) in [5.74, 6) is 0.675. The summed E-state index contributed by atoms with van der Waals surface area (Å²) in [6.45, 7) is 22.0. The minimum absolute atomic E-state index is 0.0303. The van der Waals surface area contributed by atoms with Crippen LogP contribution in [0.3, 0.4) is 0 Å². The number of benzene rings is 1. The van der Waals surface area contributed by atoms with Crippen molar-refractivity contribution in [2.45, 2.75) is 127 Å². The zero-order chi connectivity index (χ0) is 33.6. The molecule has 246 valence electrons. The fraction of sp³-hybridized carbons (Fsp3) is 0.611. The maximum atomic E-state index is 11.4. The van der Waals surface area contributed by atoms with Crippen LogP contribution in [0.1, 0.15) is 120 Å². The van der Waals surface area contributed by atoms with Crippen molar-refractivity contribution in [2.24, 2.45) is 11.8 Å². The molecule has 1 aromatic carbocycles. The second kappa shape index (κ2) is 30.2. The zero-order valence-electron chi connectivity index (χ0n) is 29.1. The number of amides is 2. The molecule has 43 heavy (non-hydrogen) atoms. The molecule has 1 rings (SSSR count). The molecule has 1 aromatic rings. The van der Waals surface area contributed by atoms with E-state index in [9.17, 15) is 19.2 Å². The van der Waals surface area contributed by atoms with E-state index < -0.39 is 0 Å². The number of aryl methyl sites for hydroxylation is 1. The van der Waals surface area contributed by atoms with Crippen LogP contribution in [0.25, 0.3) is 0 Å². The van der Waals surface area contributed by atoms with E-state index in [0.717, 1.165) is 24.9 Å². The normalized spacial score (nSPS) is 11.6. The van der Waals surface area contributed by atoms with E-state index in [0.29, 0.717) is 24.9 Å². The van der Waals surface area contributed by atoms with Gasteiger partial charge in [-0.05, 0) is 82.0 Å². The second-order valence-electron chi connectivity index (χ2n) is 10.5. The zero-order valence-corrected chi connectivity index (χ0v) is 29.1. The molecular formula is C36H63N3O4. The molecule has 0 fully saturated rings. The SMILES string of the molecule is CC.CC=CNCC(=O)Nc1ccc(CC)cc1.CCC(C)C(=O)/C=C\C(C)=O.CCCCCCC(=O)NC(C)C(C)C. The molecule has 0 radical (unpaired) electrons. The Kier molecular flexibility index (Phi) is 31.1. The summed E-state index contributed by atoms with van der Waals surface area (Å²) < 4.78 is 0. The number of hydrogen-bond acceptors (Lipinski definition) is 5. The molecule has 0 spiro atoms. The van der Waals surface area contributed by atoms with Gasteiger partial charge in [0.05, 0.1) is 6.54 Å². The van der Waals surface area contributed by atoms with Gasteiger partial charge in [-0.25, -0.2) is 0 Å². The molecule has 0 aromatic heterocycles. The van der Waals surface area contributed by atoms with Gasteiger partial charge in [0.25, 0.3) is 0 Å². The Morgan fingerprint density at radius 1 is 0.837 bits per heavy atom. The van der Waals surface area contributed by atoms with Gasteiger partial charge in [0.1, 0.15) is 0 Å². The van der Waals surface area contributed by atoms with Crippen LogP contribution in [0.5, 0.6) is 0 Å². The maximum Gasteiger partial charge on any atom is 0.243 e. The van der Waals surface area contributed by atoms with E-state index in [4.69, 9.17) is 0 Å². The van der Waals surface area contributed by atoms with E-state index >= 15 is 0 Å². The lowest BCUT2D eigenvalue weighted by molar-refractivity contribution is -0.122. The fourth-order valence-corrected chi connectivity index (χ4v) is 3.07. The average molecular weight is 602 g/mol. The van der Waals surface area contributed by atoms with Crippen molar-refractivity contribution in [1.82, 2.24) is 10.6 Å². The van der Waals surface area contributed by atoms with Crippen molar-refractivity contribution in [3.05, 3.63) is 54.3 Å². The molecule has 0 saturated heterocycles. The molecule has 2 amide bonds. The highest BCUT2D eigenvalue weighted by atomic mass is 16.2. The molecule has 0 saturated carbocycles. The van der Waals surface area contributed by atoms with E-state index in [1.165, 1.54) is 43.9 Å². The standard InChI is InChI=1S/C13H18N2O.C12H25NO.C9H14O2.C2H6/c1-3-9-14-10-13(16)15-12-7-5-11(4-2)6-8-12;1-5-6-7-8-9-12(14)13-11(4)10(2)3;1-4-7(2)9(11)6-5-8(3)10;1-2/h3,5-9,14H,4,10H2,1-2H3,(H,15,16);10-11H,5-9H2,1-4H3,(H,13,14);5-7H,4H2,1-3H3;1-2H3/b;;6-5-;. The monoisotopic (exact) mass is 601 g/mol. The second-order valence-corrected chi connectivity index (χ2v) is 10.5. The summed E-state index contributed by atoms with van der Waals surface area (Å²) in [4.78, 5) is 44.3. The minimum atomic E-state index is -0.0818. The third-order valence-electron chi connectivity index (χ3n) is 6.42. The van der Waals surface area contributed by atoms with Gasteiger partial charge in [0.15, 0.2) is 11.6 Å². The highest BCUT2D eigenvalue weighted by molar-refractivity contribution is 5.98. The van der Waals surface area contributed by atoms with E-state index in [1.54, 1.807) is 6.20 Å². The van der Waals surface area contributed by atoms with Gasteiger partial charge in [-0.15, -0.1) is 0 Å². The Hall–Kier alpha value is -3.22. The number of allylic oxidation sites excluding steroid dienone is 3. The number of unbranched alkanes of at least 4 members (excludes halogenated alkanes) is 3. The number of carbonyl (C=O) groups excluding carboxylic acids is 4. The van der Waals surface area contributed by atoms with Crippen molar-refractivity contribution >= 4 is 29.1 Å². The molecule has 7 heteroatoms. The molecule has 0 aliphatic heterocycles. The van der Waals surface area contributed by atoms with Crippen molar-refractivity contribution in [1.29, 1.82) is 0 Å². The molecule has 2 atom stereocenters. The van der Waals surface area contributed by atoms with Crippen molar-refractivity contribution in [3.63, 3.8) is 0 Å². The van der Waals surface area contributed by atoms with Crippen LogP contribution in [-0.2, 0) is 25.6 Å². The first-order valence-electron chi connectivity index (χ1n) is 16.2. The van der Waals surface area contributed by atoms with Crippen molar-refractivity contribution in [3.8, 4) is 0 Å². The molecule has 2 unspecified atom stereocenters. The third-order valence-corrected chi connectivity index (χ3v) is 6.42. The van der Waals surface area contributed by atoms with Crippen LogP contribution in [0.4, 0.5) is 5.69 Å². The average Bonchev–Trinajstić information content (AvgIpc) is 2.99. The van der Waals surface area contributed by atoms with Gasteiger partial charge in [-0.2, -0.15) is 0 Å². The van der Waals surface area contributed by atoms with Crippen molar-refractivity contribution in [2.75, 3.05) is 11.9 Å². The smallest absolute Gasteiger partial charge is 0.243 e. The first-order valence-corrected chi connectivity index (χ1v) is 16.2. The third kappa shape index (κ3) is 28.7. The van der Waals surface area contributed by atoms with Crippen LogP contribution in [0.15, 0.2) is 48.7 Å². The molecule has 3 N–H and O–H groups in total. The highest BCUT2D eigenvalue weighted by Gasteiger charge is 2.10. The van der Waals surface area contributed by atoms with Gasteiger partial charge in [-0.3, -0.25) is 19.2 Å². The number of carbonyl (C=O) groups is 4. The predicted molar refractivity (Wildman–Crippen MR) is 184 cm³/mol. The van der Waals surface area contributed by atoms with E-state index in [2.05, 4.69) is 50.6 Å². The molecule has 0 aliphatic carbocycles. The number of anilines is 1. The largest absolute Gasteiger partial charge is 0.382 e. The van der Waals surface area contributed by atoms with Gasteiger partial charge in [0, 0.05) is 24.1 Å². The molecule has 0 aliphatic rings. The Labute approximate surface area is 263 Å². The molecular weight excluding hydrogens is 538 g/mol. The summed E-state index contributed by atoms with van der Waals surface area (Å²) in [5.41, 5.74) is 2.11. The lowest BCUT2D eigenvalue weighted by Crippen LogP contribution is -2.35. The highest BCUT2D eigenvalue weighted by Crippen LogP contribution is 2.09. The van der Waals surface area contributed by atoms with Crippen LogP contribution in [0.2, 0.25) is 0 Å². The molecule has 0 heterocycles. The summed E-state index contributed by atoms with van der Waals surface area (Å²) >= 11 is 0. The van der Waals surface area contributed by atoms with Crippen LogP contribution >= 0.6 is 0 Å². The summed E-state index contributed by atoms with van der Waals surface area (Å²) in [6, 6.07) is 8.19. The van der Waals surface area contributed by atoms with E-state index in [1.807, 2.05) is 65.0 Å². The number of nitrogens with one attached hydrogen (secondary N) is 3. The topological polar surface area (TPSA) is 104 Å². The minimum Gasteiger partial charge on any atom is -0.382 e. The van der Waals surface area contributed by atoms with Crippen LogP contribution < -0.4 is 16.0 Å². The van der Waals surface area contributed by atoms with Gasteiger partial charge in [-0.1, -0.05) is 92.9 Å². The Balaban J connectivity index is -0.000000551. The lowest BCUT2D eigenvalue weighted by Gasteiger charge is -2.17. The first kappa shape index (κ1) is 44.2. The first-order chi connectivity index (χ1) is 20.4. The summed E-state index contributed by atoms with van der Waals surface area (Å²) in [5, 5.41) is 8.72. The predicted octanol–water partition coefficient (Wildman–Crippen LogP) is 8.20.